The van der Waals surface area contributed by atoms with Crippen LogP contribution in [-0.2, 0) is 32.6 Å². The van der Waals surface area contributed by atoms with Crippen LogP contribution in [0.15, 0.2) is 96.4 Å². The molecule has 2 N–H and O–H groups in total. The van der Waals surface area contributed by atoms with Crippen LogP contribution in [0, 0.1) is 0 Å². The molecule has 3 aromatic rings. The number of rotatable bonds is 14. The van der Waals surface area contributed by atoms with Crippen LogP contribution < -0.4 is 14.8 Å². The summed E-state index contributed by atoms with van der Waals surface area (Å²) in [6.07, 6.45) is 3.86. The molecule has 3 aromatic carbocycles. The molecule has 1 fully saturated rings. The summed E-state index contributed by atoms with van der Waals surface area (Å²) in [7, 11) is -1.95. The third-order valence-corrected chi connectivity index (χ3v) is 8.23. The first kappa shape index (κ1) is 29.0. The maximum absolute atomic E-state index is 13.8. The van der Waals surface area contributed by atoms with Gasteiger partial charge >= 0.3 is 0 Å². The van der Waals surface area contributed by atoms with Crippen LogP contribution >= 0.6 is 0 Å². The summed E-state index contributed by atoms with van der Waals surface area (Å²) in [6.45, 7) is 4.17. The average Bonchev–Trinajstić information content (AvgIpc) is 3.79. The highest BCUT2D eigenvalue weighted by Gasteiger charge is 2.31. The smallest absolute Gasteiger partial charge is 0.247 e. The van der Waals surface area contributed by atoms with E-state index in [4.69, 9.17) is 4.74 Å². The topological polar surface area (TPSA) is 105 Å². The van der Waals surface area contributed by atoms with Crippen LogP contribution in [0.4, 0.5) is 0 Å². The second-order valence-corrected chi connectivity index (χ2v) is 11.5. The van der Waals surface area contributed by atoms with Crippen molar-refractivity contribution in [3.8, 4) is 5.75 Å². The van der Waals surface area contributed by atoms with Gasteiger partial charge in [-0.2, -0.15) is 0 Å². The van der Waals surface area contributed by atoms with Crippen LogP contribution in [-0.4, -0.2) is 44.8 Å². The zero-order valence-corrected chi connectivity index (χ0v) is 23.4. The predicted molar refractivity (Wildman–Crippen MR) is 154 cm³/mol. The molecule has 1 aliphatic rings. The third-order valence-electron chi connectivity index (χ3n) is 6.69. The number of amides is 2. The lowest BCUT2D eigenvalue weighted by Crippen LogP contribution is -2.43. The van der Waals surface area contributed by atoms with Gasteiger partial charge in [0.1, 0.15) is 11.8 Å². The predicted octanol–water partition coefficient (Wildman–Crippen LogP) is 4.14. The summed E-state index contributed by atoms with van der Waals surface area (Å²) in [5.74, 6) is 0.193. The molecule has 40 heavy (non-hydrogen) atoms. The summed E-state index contributed by atoms with van der Waals surface area (Å²) >= 11 is 0. The number of methoxy groups -OCH3 is 1. The Morgan fingerprint density at radius 2 is 1.65 bits per heavy atom. The fourth-order valence-electron chi connectivity index (χ4n) is 4.35. The molecular weight excluding hydrogens is 526 g/mol. The second-order valence-electron chi connectivity index (χ2n) is 9.76. The number of hydrogen-bond donors (Lipinski definition) is 2. The van der Waals surface area contributed by atoms with Crippen LogP contribution in [0.5, 0.6) is 5.75 Å². The van der Waals surface area contributed by atoms with Crippen molar-refractivity contribution in [2.24, 2.45) is 0 Å². The van der Waals surface area contributed by atoms with Gasteiger partial charge in [-0.1, -0.05) is 60.7 Å². The second kappa shape index (κ2) is 13.4. The Hall–Kier alpha value is -3.95. The maximum atomic E-state index is 13.8. The molecule has 0 aliphatic heterocycles. The van der Waals surface area contributed by atoms with Gasteiger partial charge in [0.25, 0.3) is 0 Å². The van der Waals surface area contributed by atoms with E-state index in [0.717, 1.165) is 24.0 Å². The molecule has 0 spiro atoms. The van der Waals surface area contributed by atoms with E-state index in [2.05, 4.69) is 16.6 Å². The standard InChI is InChI=1S/C31H35N3O5S/c1-3-21-32-31(36)30(25-7-5-4-6-8-25)34(22-24-9-16-27(39-2)17-10-24)29(35)20-13-23-11-18-28(19-12-23)40(37,38)33-26-14-15-26/h3-12,16-19,26,30,33H,1,13-15,20-22H2,2H3,(H,32,36)/t30-/m1/s1. The highest BCUT2D eigenvalue weighted by molar-refractivity contribution is 7.89. The summed E-state index contributed by atoms with van der Waals surface area (Å²) in [5, 5.41) is 2.85. The molecule has 210 valence electrons. The molecule has 0 radical (unpaired) electrons. The molecule has 9 heteroatoms. The van der Waals surface area contributed by atoms with E-state index in [1.807, 2.05) is 54.6 Å². The normalized spacial score (nSPS) is 13.7. The van der Waals surface area contributed by atoms with E-state index < -0.39 is 16.1 Å². The highest BCUT2D eigenvalue weighted by Crippen LogP contribution is 2.26. The van der Waals surface area contributed by atoms with E-state index in [0.29, 0.717) is 17.7 Å². The van der Waals surface area contributed by atoms with Gasteiger partial charge in [-0.3, -0.25) is 9.59 Å². The Labute approximate surface area is 236 Å². The van der Waals surface area contributed by atoms with Gasteiger partial charge in [0.2, 0.25) is 21.8 Å². The first-order valence-electron chi connectivity index (χ1n) is 13.3. The van der Waals surface area contributed by atoms with Crippen molar-refractivity contribution in [2.45, 2.75) is 49.2 Å². The molecule has 2 amide bonds. The number of nitrogens with one attached hydrogen (secondary N) is 2. The number of aryl methyl sites for hydroxylation is 1. The first-order chi connectivity index (χ1) is 19.3. The van der Waals surface area contributed by atoms with Crippen molar-refractivity contribution in [3.05, 3.63) is 108 Å². The minimum Gasteiger partial charge on any atom is -0.497 e. The fourth-order valence-corrected chi connectivity index (χ4v) is 5.65. The van der Waals surface area contributed by atoms with Crippen molar-refractivity contribution in [1.29, 1.82) is 0 Å². The Balaban J connectivity index is 1.56. The van der Waals surface area contributed by atoms with E-state index in [1.54, 1.807) is 42.4 Å². The number of carbonyl (C=O) groups is 2. The molecule has 4 rings (SSSR count). The Kier molecular flexibility index (Phi) is 9.74. The molecule has 0 bridgehead atoms. The van der Waals surface area contributed by atoms with Gasteiger partial charge in [0.15, 0.2) is 0 Å². The molecule has 1 aliphatic carbocycles. The molecule has 0 aromatic heterocycles. The molecule has 0 unspecified atom stereocenters. The Morgan fingerprint density at radius 1 is 1.00 bits per heavy atom. The summed E-state index contributed by atoms with van der Waals surface area (Å²) in [5.41, 5.74) is 2.38. The molecular formula is C31H35N3O5S. The number of ether oxygens (including phenoxy) is 1. The SMILES string of the molecule is C=CCNC(=O)[C@@H](c1ccccc1)N(Cc1ccc(OC)cc1)C(=O)CCc1ccc(S(=O)(=O)NC2CC2)cc1. The Bertz CT molecular complexity index is 1400. The minimum atomic E-state index is -3.54. The number of carbonyl (C=O) groups excluding carboxylic acids is 2. The lowest BCUT2D eigenvalue weighted by Gasteiger charge is -2.31. The van der Waals surface area contributed by atoms with Crippen molar-refractivity contribution in [1.82, 2.24) is 14.9 Å². The lowest BCUT2D eigenvalue weighted by molar-refractivity contribution is -0.141. The van der Waals surface area contributed by atoms with Crippen molar-refractivity contribution < 1.29 is 22.7 Å². The molecule has 0 heterocycles. The van der Waals surface area contributed by atoms with Crippen LogP contribution in [0.1, 0.15) is 42.0 Å². The summed E-state index contributed by atoms with van der Waals surface area (Å²) < 4.78 is 32.9. The number of nitrogens with zero attached hydrogens (tertiary/aromatic N) is 1. The van der Waals surface area contributed by atoms with Crippen molar-refractivity contribution >= 4 is 21.8 Å². The lowest BCUT2D eigenvalue weighted by atomic mass is 10.0. The number of benzene rings is 3. The Morgan fingerprint density at radius 3 is 2.25 bits per heavy atom. The minimum absolute atomic E-state index is 0.0280. The zero-order valence-electron chi connectivity index (χ0n) is 22.6. The van der Waals surface area contributed by atoms with Gasteiger partial charge < -0.3 is 15.0 Å². The molecule has 1 atom stereocenters. The van der Waals surface area contributed by atoms with Crippen LogP contribution in [0.2, 0.25) is 0 Å². The van der Waals surface area contributed by atoms with Gasteiger partial charge in [-0.25, -0.2) is 13.1 Å². The highest BCUT2D eigenvalue weighted by atomic mass is 32.2. The van der Waals surface area contributed by atoms with E-state index in [9.17, 15) is 18.0 Å². The first-order valence-corrected chi connectivity index (χ1v) is 14.8. The largest absolute Gasteiger partial charge is 0.497 e. The maximum Gasteiger partial charge on any atom is 0.247 e. The summed E-state index contributed by atoms with van der Waals surface area (Å²) in [6, 6.07) is 22.4. The monoisotopic (exact) mass is 561 g/mol. The van der Waals surface area contributed by atoms with Gasteiger partial charge in [0, 0.05) is 25.6 Å². The van der Waals surface area contributed by atoms with E-state index in [-0.39, 0.29) is 42.3 Å². The van der Waals surface area contributed by atoms with Gasteiger partial charge in [-0.05, 0) is 60.2 Å². The van der Waals surface area contributed by atoms with E-state index in [1.165, 1.54) is 0 Å². The number of hydrogen-bond acceptors (Lipinski definition) is 5. The van der Waals surface area contributed by atoms with Crippen LogP contribution in [0.3, 0.4) is 0 Å². The van der Waals surface area contributed by atoms with Crippen molar-refractivity contribution in [2.75, 3.05) is 13.7 Å². The van der Waals surface area contributed by atoms with Crippen molar-refractivity contribution in [3.63, 3.8) is 0 Å². The van der Waals surface area contributed by atoms with Crippen LogP contribution in [0.25, 0.3) is 0 Å². The molecule has 1 saturated carbocycles. The van der Waals surface area contributed by atoms with E-state index >= 15 is 0 Å². The van der Waals surface area contributed by atoms with Gasteiger partial charge in [0.05, 0.1) is 12.0 Å². The average molecular weight is 562 g/mol. The summed E-state index contributed by atoms with van der Waals surface area (Å²) in [4.78, 5) is 29.0. The fraction of sp³-hybridized carbons (Fsp3) is 0.290. The zero-order chi connectivity index (χ0) is 28.5. The number of sulfonamides is 1. The quantitative estimate of drug-likeness (QED) is 0.288. The third kappa shape index (κ3) is 7.80. The molecule has 0 saturated heterocycles. The molecule has 8 nitrogen and oxygen atoms in total. The van der Waals surface area contributed by atoms with Gasteiger partial charge in [-0.15, -0.1) is 6.58 Å².